The summed E-state index contributed by atoms with van der Waals surface area (Å²) < 4.78 is 17.3. The van der Waals surface area contributed by atoms with Crippen LogP contribution in [0.3, 0.4) is 0 Å². The summed E-state index contributed by atoms with van der Waals surface area (Å²) in [6.07, 6.45) is 0.0569. The molecule has 0 saturated heterocycles. The highest BCUT2D eigenvalue weighted by molar-refractivity contribution is 5.51. The molecule has 0 radical (unpaired) electrons. The molecule has 20 heavy (non-hydrogen) atoms. The van der Waals surface area contributed by atoms with Crippen molar-refractivity contribution in [2.24, 2.45) is 0 Å². The summed E-state index contributed by atoms with van der Waals surface area (Å²) >= 11 is 0. The van der Waals surface area contributed by atoms with E-state index in [1.807, 2.05) is 12.1 Å². The quantitative estimate of drug-likeness (QED) is 0.790. The molecule has 0 N–H and O–H groups in total. The minimum Gasteiger partial charge on any atom is -0.497 e. The lowest BCUT2D eigenvalue weighted by Gasteiger charge is -2.28. The van der Waals surface area contributed by atoms with Gasteiger partial charge in [-0.3, -0.25) is 0 Å². The fourth-order valence-electron chi connectivity index (χ4n) is 3.07. The summed E-state index contributed by atoms with van der Waals surface area (Å²) in [5, 5.41) is 0. The Morgan fingerprint density at radius 2 is 1.90 bits per heavy atom. The average molecular weight is 268 g/mol. The van der Waals surface area contributed by atoms with E-state index in [-0.39, 0.29) is 12.0 Å². The van der Waals surface area contributed by atoms with Gasteiger partial charge in [-0.1, -0.05) is 18.2 Å². The SMILES string of the molecule is COc1ccc2c(c1)O[C@H]1c3ccc(C)cc3OC[C@@H]21. The van der Waals surface area contributed by atoms with E-state index in [2.05, 4.69) is 31.2 Å². The predicted octanol–water partition coefficient (Wildman–Crippen LogP) is 3.61. The molecular formula is C17H16O3. The number of ether oxygens (including phenoxy) is 3. The van der Waals surface area contributed by atoms with Crippen LogP contribution in [0.25, 0.3) is 0 Å². The second-order valence-electron chi connectivity index (χ2n) is 5.40. The Hall–Kier alpha value is -2.16. The molecule has 2 aliphatic rings. The molecule has 3 heteroatoms. The largest absolute Gasteiger partial charge is 0.497 e. The van der Waals surface area contributed by atoms with Crippen LogP contribution in [0.1, 0.15) is 28.7 Å². The first-order valence-corrected chi connectivity index (χ1v) is 6.84. The molecule has 2 heterocycles. The molecule has 0 spiro atoms. The highest BCUT2D eigenvalue weighted by Crippen LogP contribution is 2.51. The van der Waals surface area contributed by atoms with E-state index in [0.717, 1.165) is 22.8 Å². The number of hydrogen-bond acceptors (Lipinski definition) is 3. The number of aryl methyl sites for hydroxylation is 1. The summed E-state index contributed by atoms with van der Waals surface area (Å²) in [4.78, 5) is 0. The number of fused-ring (bicyclic) bond motifs is 5. The van der Waals surface area contributed by atoms with Gasteiger partial charge in [0.15, 0.2) is 0 Å². The average Bonchev–Trinajstić information content (AvgIpc) is 2.84. The van der Waals surface area contributed by atoms with E-state index in [1.54, 1.807) is 7.11 Å². The Balaban J connectivity index is 1.78. The lowest BCUT2D eigenvalue weighted by atomic mass is 9.89. The van der Waals surface area contributed by atoms with Gasteiger partial charge in [-0.25, -0.2) is 0 Å². The molecule has 2 aromatic rings. The molecule has 0 aromatic heterocycles. The molecule has 2 aromatic carbocycles. The van der Waals surface area contributed by atoms with Crippen LogP contribution < -0.4 is 14.2 Å². The molecule has 0 saturated carbocycles. The number of benzene rings is 2. The van der Waals surface area contributed by atoms with E-state index in [4.69, 9.17) is 14.2 Å². The summed E-state index contributed by atoms with van der Waals surface area (Å²) in [5.74, 6) is 2.96. The predicted molar refractivity (Wildman–Crippen MR) is 75.8 cm³/mol. The molecular weight excluding hydrogens is 252 g/mol. The van der Waals surface area contributed by atoms with Gasteiger partial charge in [-0.05, 0) is 24.6 Å². The Bertz CT molecular complexity index is 678. The van der Waals surface area contributed by atoms with Gasteiger partial charge >= 0.3 is 0 Å². The van der Waals surface area contributed by atoms with Gasteiger partial charge in [-0.15, -0.1) is 0 Å². The van der Waals surface area contributed by atoms with Crippen LogP contribution in [0.2, 0.25) is 0 Å². The molecule has 0 bridgehead atoms. The zero-order valence-electron chi connectivity index (χ0n) is 11.6. The molecule has 2 atom stereocenters. The van der Waals surface area contributed by atoms with Crippen LogP contribution in [0.4, 0.5) is 0 Å². The summed E-state index contributed by atoms with van der Waals surface area (Å²) in [5.41, 5.74) is 3.56. The Morgan fingerprint density at radius 1 is 1.05 bits per heavy atom. The number of rotatable bonds is 1. The van der Waals surface area contributed by atoms with Crippen molar-refractivity contribution in [3.8, 4) is 17.2 Å². The zero-order valence-corrected chi connectivity index (χ0v) is 11.6. The summed E-state index contributed by atoms with van der Waals surface area (Å²) in [7, 11) is 1.67. The minimum atomic E-state index is 0.0569. The van der Waals surface area contributed by atoms with Crippen molar-refractivity contribution in [1.82, 2.24) is 0 Å². The monoisotopic (exact) mass is 268 g/mol. The van der Waals surface area contributed by atoms with E-state index >= 15 is 0 Å². The maximum atomic E-state index is 6.16. The van der Waals surface area contributed by atoms with Crippen LogP contribution in [0.15, 0.2) is 36.4 Å². The highest BCUT2D eigenvalue weighted by Gasteiger charge is 2.40. The first-order valence-electron chi connectivity index (χ1n) is 6.84. The molecule has 2 aliphatic heterocycles. The maximum absolute atomic E-state index is 6.16. The third kappa shape index (κ3) is 1.59. The minimum absolute atomic E-state index is 0.0569. The van der Waals surface area contributed by atoms with Gasteiger partial charge in [0.05, 0.1) is 19.6 Å². The van der Waals surface area contributed by atoms with Gasteiger partial charge in [-0.2, -0.15) is 0 Å². The van der Waals surface area contributed by atoms with Crippen LogP contribution in [0, 0.1) is 6.92 Å². The molecule has 0 aliphatic carbocycles. The van der Waals surface area contributed by atoms with E-state index in [1.165, 1.54) is 11.1 Å². The van der Waals surface area contributed by atoms with Crippen molar-refractivity contribution in [3.05, 3.63) is 53.1 Å². The fourth-order valence-corrected chi connectivity index (χ4v) is 3.07. The topological polar surface area (TPSA) is 27.7 Å². The first kappa shape index (κ1) is 11.6. The van der Waals surface area contributed by atoms with Crippen LogP contribution in [-0.2, 0) is 0 Å². The zero-order chi connectivity index (χ0) is 13.7. The normalized spacial score (nSPS) is 22.1. The van der Waals surface area contributed by atoms with Crippen molar-refractivity contribution in [2.75, 3.05) is 13.7 Å². The summed E-state index contributed by atoms with van der Waals surface area (Å²) in [6, 6.07) is 12.3. The van der Waals surface area contributed by atoms with Gasteiger partial charge in [0.2, 0.25) is 0 Å². The highest BCUT2D eigenvalue weighted by atomic mass is 16.5. The van der Waals surface area contributed by atoms with Crippen LogP contribution in [-0.4, -0.2) is 13.7 Å². The smallest absolute Gasteiger partial charge is 0.138 e. The number of methoxy groups -OCH3 is 1. The standard InChI is InChI=1S/C17H16O3/c1-10-3-5-13-15(7-10)19-9-14-12-6-4-11(18-2)8-16(12)20-17(13)14/h3-8,14,17H,9H2,1-2H3/t14-,17-/m0/s1. The third-order valence-electron chi connectivity index (χ3n) is 4.13. The molecule has 102 valence electrons. The van der Waals surface area contributed by atoms with E-state index in [9.17, 15) is 0 Å². The molecule has 0 amide bonds. The van der Waals surface area contributed by atoms with Crippen molar-refractivity contribution in [1.29, 1.82) is 0 Å². The van der Waals surface area contributed by atoms with Crippen molar-refractivity contribution in [2.45, 2.75) is 18.9 Å². The van der Waals surface area contributed by atoms with E-state index in [0.29, 0.717) is 6.61 Å². The molecule has 0 unspecified atom stereocenters. The first-order chi connectivity index (χ1) is 9.76. The lowest BCUT2D eigenvalue weighted by Crippen LogP contribution is -2.23. The second-order valence-corrected chi connectivity index (χ2v) is 5.40. The lowest BCUT2D eigenvalue weighted by molar-refractivity contribution is 0.139. The van der Waals surface area contributed by atoms with Crippen LogP contribution in [0.5, 0.6) is 17.2 Å². The van der Waals surface area contributed by atoms with Crippen molar-refractivity contribution >= 4 is 0 Å². The molecule has 3 nitrogen and oxygen atoms in total. The fraction of sp³-hybridized carbons (Fsp3) is 0.294. The second kappa shape index (κ2) is 4.17. The Labute approximate surface area is 118 Å². The van der Waals surface area contributed by atoms with Crippen molar-refractivity contribution in [3.63, 3.8) is 0 Å². The number of hydrogen-bond donors (Lipinski definition) is 0. The van der Waals surface area contributed by atoms with Gasteiger partial charge in [0.25, 0.3) is 0 Å². The maximum Gasteiger partial charge on any atom is 0.138 e. The van der Waals surface area contributed by atoms with Gasteiger partial charge in [0.1, 0.15) is 23.4 Å². The Morgan fingerprint density at radius 3 is 2.75 bits per heavy atom. The van der Waals surface area contributed by atoms with Crippen molar-refractivity contribution < 1.29 is 14.2 Å². The van der Waals surface area contributed by atoms with E-state index < -0.39 is 0 Å². The molecule has 4 rings (SSSR count). The van der Waals surface area contributed by atoms with Gasteiger partial charge < -0.3 is 14.2 Å². The van der Waals surface area contributed by atoms with Gasteiger partial charge in [0, 0.05) is 17.2 Å². The van der Waals surface area contributed by atoms with Crippen LogP contribution >= 0.6 is 0 Å². The molecule has 0 fully saturated rings. The summed E-state index contributed by atoms with van der Waals surface area (Å²) in [6.45, 7) is 2.74. The Kier molecular flexibility index (Phi) is 2.43. The third-order valence-corrected chi connectivity index (χ3v) is 4.13.